The molecule has 3 aromatic rings. The maximum absolute atomic E-state index is 12.3. The number of ether oxygens (including phenoxy) is 2. The van der Waals surface area contributed by atoms with Crippen molar-refractivity contribution in [3.63, 3.8) is 0 Å². The van der Waals surface area contributed by atoms with Crippen molar-refractivity contribution in [2.45, 2.75) is 26.6 Å². The molecule has 0 spiro atoms. The van der Waals surface area contributed by atoms with Gasteiger partial charge in [0.1, 0.15) is 23.9 Å². The van der Waals surface area contributed by atoms with Crippen LogP contribution in [0.4, 0.5) is 0 Å². The van der Waals surface area contributed by atoms with E-state index in [9.17, 15) is 4.79 Å². The van der Waals surface area contributed by atoms with E-state index in [0.29, 0.717) is 38.4 Å². The summed E-state index contributed by atoms with van der Waals surface area (Å²) in [7, 11) is 0. The molecule has 0 fully saturated rings. The van der Waals surface area contributed by atoms with Gasteiger partial charge in [0.15, 0.2) is 0 Å². The van der Waals surface area contributed by atoms with Crippen LogP contribution in [0.2, 0.25) is 10.0 Å². The van der Waals surface area contributed by atoms with Gasteiger partial charge in [-0.15, -0.1) is 0 Å². The number of halogens is 2. The molecule has 4 nitrogen and oxygen atoms in total. The van der Waals surface area contributed by atoms with Gasteiger partial charge in [-0.1, -0.05) is 35.3 Å². The summed E-state index contributed by atoms with van der Waals surface area (Å²) in [5.74, 6) is 1.23. The standard InChI is InChI=1S/C21H18Cl2O4/c1-13(2)26-15-6-3-5-14(11-15)21(24)25-12-16-9-10-19(27-16)17-7-4-8-18(22)20(17)23/h3-11,13H,12H2,1-2H3. The largest absolute Gasteiger partial charge is 0.491 e. The zero-order valence-corrected chi connectivity index (χ0v) is 16.4. The van der Waals surface area contributed by atoms with Crippen molar-refractivity contribution in [1.29, 1.82) is 0 Å². The molecule has 6 heteroatoms. The molecule has 2 aromatic carbocycles. The lowest BCUT2D eigenvalue weighted by Crippen LogP contribution is -2.08. The van der Waals surface area contributed by atoms with Crippen molar-refractivity contribution < 1.29 is 18.7 Å². The summed E-state index contributed by atoms with van der Waals surface area (Å²) < 4.78 is 16.6. The first kappa shape index (κ1) is 19.3. The molecule has 140 valence electrons. The van der Waals surface area contributed by atoms with Gasteiger partial charge in [-0.2, -0.15) is 0 Å². The SMILES string of the molecule is CC(C)Oc1cccc(C(=O)OCc2ccc(-c3cccc(Cl)c3Cl)o2)c1. The summed E-state index contributed by atoms with van der Waals surface area (Å²) in [5, 5.41) is 0.862. The molecule has 3 rings (SSSR count). The van der Waals surface area contributed by atoms with Crippen LogP contribution in [0.5, 0.6) is 5.75 Å². The number of rotatable bonds is 6. The second-order valence-corrected chi connectivity index (χ2v) is 6.92. The third-order valence-corrected chi connectivity index (χ3v) is 4.48. The number of furan rings is 1. The number of carbonyl (C=O) groups excluding carboxylic acids is 1. The Balaban J connectivity index is 1.66. The highest BCUT2D eigenvalue weighted by Crippen LogP contribution is 2.34. The molecular weight excluding hydrogens is 387 g/mol. The highest BCUT2D eigenvalue weighted by Gasteiger charge is 2.13. The maximum atomic E-state index is 12.3. The van der Waals surface area contributed by atoms with Gasteiger partial charge in [0.05, 0.1) is 21.7 Å². The second-order valence-electron chi connectivity index (χ2n) is 6.14. The summed E-state index contributed by atoms with van der Waals surface area (Å²) in [5.41, 5.74) is 1.10. The monoisotopic (exact) mass is 404 g/mol. The Kier molecular flexibility index (Phi) is 6.09. The predicted octanol–water partition coefficient (Wildman–Crippen LogP) is 6.40. The average molecular weight is 405 g/mol. The van der Waals surface area contributed by atoms with E-state index in [1.807, 2.05) is 19.9 Å². The van der Waals surface area contributed by atoms with Crippen molar-refractivity contribution in [3.8, 4) is 17.1 Å². The summed E-state index contributed by atoms with van der Waals surface area (Å²) >= 11 is 12.2. The average Bonchev–Trinajstić information content (AvgIpc) is 3.10. The van der Waals surface area contributed by atoms with E-state index < -0.39 is 5.97 Å². The summed E-state index contributed by atoms with van der Waals surface area (Å²) in [4.78, 5) is 12.3. The minimum Gasteiger partial charge on any atom is -0.491 e. The van der Waals surface area contributed by atoms with Crippen LogP contribution >= 0.6 is 23.2 Å². The Hall–Kier alpha value is -2.43. The highest BCUT2D eigenvalue weighted by molar-refractivity contribution is 6.43. The van der Waals surface area contributed by atoms with Crippen LogP contribution in [0.1, 0.15) is 30.0 Å². The first-order chi connectivity index (χ1) is 12.9. The lowest BCUT2D eigenvalue weighted by atomic mass is 10.2. The van der Waals surface area contributed by atoms with E-state index in [4.69, 9.17) is 37.1 Å². The fourth-order valence-electron chi connectivity index (χ4n) is 2.48. The second kappa shape index (κ2) is 8.51. The fourth-order valence-corrected chi connectivity index (χ4v) is 2.88. The zero-order chi connectivity index (χ0) is 19.4. The van der Waals surface area contributed by atoms with Crippen LogP contribution in [-0.4, -0.2) is 12.1 Å². The molecule has 0 radical (unpaired) electrons. The van der Waals surface area contributed by atoms with E-state index in [0.717, 1.165) is 0 Å². The van der Waals surface area contributed by atoms with E-state index in [1.165, 1.54) is 0 Å². The number of hydrogen-bond donors (Lipinski definition) is 0. The molecule has 1 heterocycles. The van der Waals surface area contributed by atoms with Crippen molar-refractivity contribution in [2.75, 3.05) is 0 Å². The Labute approximate surface area is 167 Å². The molecule has 0 N–H and O–H groups in total. The predicted molar refractivity (Wildman–Crippen MR) is 105 cm³/mol. The normalized spacial score (nSPS) is 10.9. The van der Waals surface area contributed by atoms with Gasteiger partial charge in [0.25, 0.3) is 0 Å². The van der Waals surface area contributed by atoms with Gasteiger partial charge in [-0.05, 0) is 56.3 Å². The van der Waals surface area contributed by atoms with Gasteiger partial charge >= 0.3 is 5.97 Å². The Morgan fingerprint density at radius 3 is 2.63 bits per heavy atom. The minimum absolute atomic E-state index is 0.00623. The van der Waals surface area contributed by atoms with E-state index >= 15 is 0 Å². The summed E-state index contributed by atoms with van der Waals surface area (Å²) in [6.07, 6.45) is 0.0242. The Morgan fingerprint density at radius 2 is 1.85 bits per heavy atom. The molecule has 1 aromatic heterocycles. The fraction of sp³-hybridized carbons (Fsp3) is 0.190. The molecule has 0 atom stereocenters. The third-order valence-electron chi connectivity index (χ3n) is 3.67. The van der Waals surface area contributed by atoms with Gasteiger partial charge in [-0.3, -0.25) is 0 Å². The quantitative estimate of drug-likeness (QED) is 0.446. The van der Waals surface area contributed by atoms with Gasteiger partial charge in [-0.25, -0.2) is 4.79 Å². The third kappa shape index (κ3) is 4.85. The van der Waals surface area contributed by atoms with E-state index in [2.05, 4.69) is 0 Å². The molecule has 27 heavy (non-hydrogen) atoms. The number of carbonyl (C=O) groups is 1. The van der Waals surface area contributed by atoms with Crippen LogP contribution in [0.15, 0.2) is 59.0 Å². The molecule has 0 saturated carbocycles. The van der Waals surface area contributed by atoms with Crippen LogP contribution in [0.25, 0.3) is 11.3 Å². The topological polar surface area (TPSA) is 48.7 Å². The van der Waals surface area contributed by atoms with Gasteiger partial charge in [0, 0.05) is 5.56 Å². The molecular formula is C21H18Cl2O4. The molecule has 0 aliphatic carbocycles. The molecule has 0 amide bonds. The zero-order valence-electron chi connectivity index (χ0n) is 14.9. The number of esters is 1. The van der Waals surface area contributed by atoms with Crippen LogP contribution in [-0.2, 0) is 11.3 Å². The molecule has 0 bridgehead atoms. The van der Waals surface area contributed by atoms with Crippen molar-refractivity contribution >= 4 is 29.2 Å². The van der Waals surface area contributed by atoms with Gasteiger partial charge in [0.2, 0.25) is 0 Å². The number of hydrogen-bond acceptors (Lipinski definition) is 4. The Morgan fingerprint density at radius 1 is 1.07 bits per heavy atom. The van der Waals surface area contributed by atoms with Crippen LogP contribution in [0.3, 0.4) is 0 Å². The first-order valence-corrected chi connectivity index (χ1v) is 9.16. The van der Waals surface area contributed by atoms with E-state index in [1.54, 1.807) is 48.5 Å². The maximum Gasteiger partial charge on any atom is 0.338 e. The smallest absolute Gasteiger partial charge is 0.338 e. The van der Waals surface area contributed by atoms with Gasteiger partial charge < -0.3 is 13.9 Å². The highest BCUT2D eigenvalue weighted by atomic mass is 35.5. The molecule has 0 unspecified atom stereocenters. The molecule has 0 aliphatic heterocycles. The van der Waals surface area contributed by atoms with Crippen molar-refractivity contribution in [1.82, 2.24) is 0 Å². The summed E-state index contributed by atoms with van der Waals surface area (Å²) in [6, 6.07) is 15.7. The molecule has 0 aliphatic rings. The minimum atomic E-state index is -0.456. The van der Waals surface area contributed by atoms with Crippen molar-refractivity contribution in [3.05, 3.63) is 76.0 Å². The van der Waals surface area contributed by atoms with Crippen molar-refractivity contribution in [2.24, 2.45) is 0 Å². The first-order valence-electron chi connectivity index (χ1n) is 8.41. The molecule has 0 saturated heterocycles. The van der Waals surface area contributed by atoms with Crippen LogP contribution < -0.4 is 4.74 Å². The summed E-state index contributed by atoms with van der Waals surface area (Å²) in [6.45, 7) is 3.85. The number of benzene rings is 2. The van der Waals surface area contributed by atoms with E-state index in [-0.39, 0.29) is 12.7 Å². The lowest BCUT2D eigenvalue weighted by Gasteiger charge is -2.10. The van der Waals surface area contributed by atoms with Crippen LogP contribution in [0, 0.1) is 0 Å². The lowest BCUT2D eigenvalue weighted by molar-refractivity contribution is 0.0445. The Bertz CT molecular complexity index is 947.